The quantitative estimate of drug-likeness (QED) is 0.747. The van der Waals surface area contributed by atoms with Gasteiger partial charge >= 0.3 is 0 Å². The lowest BCUT2D eigenvalue weighted by Crippen LogP contribution is -2.53. The average molecular weight is 255 g/mol. The Labute approximate surface area is 109 Å². The van der Waals surface area contributed by atoms with Crippen molar-refractivity contribution in [3.05, 3.63) is 0 Å². The van der Waals surface area contributed by atoms with E-state index in [1.54, 1.807) is 0 Å². The van der Waals surface area contributed by atoms with E-state index in [1.165, 1.54) is 0 Å². The average Bonchev–Trinajstić information content (AvgIpc) is 2.35. The number of morpholine rings is 1. The first-order valence-electron chi connectivity index (χ1n) is 6.96. The summed E-state index contributed by atoms with van der Waals surface area (Å²) in [5.41, 5.74) is 9.10. The molecular weight excluding hydrogens is 230 g/mol. The Morgan fingerprint density at radius 1 is 1.22 bits per heavy atom. The monoisotopic (exact) mass is 255 g/mol. The highest BCUT2D eigenvalue weighted by atomic mass is 16.5. The lowest BCUT2D eigenvalue weighted by molar-refractivity contribution is -0.135. The van der Waals surface area contributed by atoms with Gasteiger partial charge in [-0.15, -0.1) is 0 Å². The molecule has 3 N–H and O–H groups in total. The highest BCUT2D eigenvalue weighted by Crippen LogP contribution is 2.32. The fourth-order valence-corrected chi connectivity index (χ4v) is 2.96. The molecule has 5 nitrogen and oxygen atoms in total. The van der Waals surface area contributed by atoms with Gasteiger partial charge in [0.25, 0.3) is 0 Å². The number of ether oxygens (including phenoxy) is 1. The number of nitrogens with one attached hydrogen (secondary N) is 1. The van der Waals surface area contributed by atoms with Gasteiger partial charge in [0, 0.05) is 25.0 Å². The van der Waals surface area contributed by atoms with Crippen LogP contribution in [0.15, 0.2) is 0 Å². The fraction of sp³-hybridized carbons (Fsp3) is 0.923. The lowest BCUT2D eigenvalue weighted by Gasteiger charge is -2.37. The largest absolute Gasteiger partial charge is 0.379 e. The first-order valence-corrected chi connectivity index (χ1v) is 6.96. The zero-order chi connectivity index (χ0) is 13.1. The van der Waals surface area contributed by atoms with Crippen LogP contribution in [0.5, 0.6) is 0 Å². The minimum atomic E-state index is 0.0547. The Bertz CT molecular complexity index is 292. The molecule has 0 spiro atoms. The molecule has 2 fully saturated rings. The van der Waals surface area contributed by atoms with Crippen LogP contribution in [0.25, 0.3) is 0 Å². The lowest BCUT2D eigenvalue weighted by atomic mass is 9.73. The minimum absolute atomic E-state index is 0.0547. The molecule has 1 aliphatic heterocycles. The molecule has 1 saturated heterocycles. The number of carbonyl (C=O) groups is 1. The number of rotatable bonds is 2. The molecule has 2 aliphatic rings. The molecule has 0 aromatic carbocycles. The normalized spacial score (nSPS) is 38.4. The van der Waals surface area contributed by atoms with Crippen LogP contribution in [0.2, 0.25) is 0 Å². The fourth-order valence-electron chi connectivity index (χ4n) is 2.96. The van der Waals surface area contributed by atoms with Gasteiger partial charge < -0.3 is 10.5 Å². The van der Waals surface area contributed by atoms with Crippen molar-refractivity contribution >= 4 is 5.91 Å². The zero-order valence-electron chi connectivity index (χ0n) is 11.4. The molecule has 18 heavy (non-hydrogen) atoms. The smallest absolute Gasteiger partial charge is 0.237 e. The van der Waals surface area contributed by atoms with E-state index in [1.807, 2.05) is 5.01 Å². The van der Waals surface area contributed by atoms with E-state index in [0.717, 1.165) is 25.9 Å². The van der Waals surface area contributed by atoms with Crippen LogP contribution >= 0.6 is 0 Å². The molecular formula is C13H25N3O2. The number of hydrogen-bond acceptors (Lipinski definition) is 4. The Kier molecular flexibility index (Phi) is 4.59. The molecule has 0 aromatic heterocycles. The van der Waals surface area contributed by atoms with Crippen molar-refractivity contribution in [1.82, 2.24) is 10.4 Å². The molecule has 4 unspecified atom stereocenters. The van der Waals surface area contributed by atoms with Crippen molar-refractivity contribution in [1.29, 1.82) is 0 Å². The van der Waals surface area contributed by atoms with E-state index in [9.17, 15) is 4.79 Å². The maximum absolute atomic E-state index is 12.3. The van der Waals surface area contributed by atoms with Gasteiger partial charge in [-0.2, -0.15) is 0 Å². The number of amides is 1. The summed E-state index contributed by atoms with van der Waals surface area (Å²) in [5.74, 6) is 1.12. The molecule has 0 aromatic rings. The SMILES string of the molecule is CC1CC(C)C(C(=O)NN2CCOCC2)CC1N. The van der Waals surface area contributed by atoms with Crippen molar-refractivity contribution < 1.29 is 9.53 Å². The zero-order valence-corrected chi connectivity index (χ0v) is 11.4. The van der Waals surface area contributed by atoms with Crippen LogP contribution < -0.4 is 11.2 Å². The van der Waals surface area contributed by atoms with E-state index in [-0.39, 0.29) is 17.9 Å². The van der Waals surface area contributed by atoms with Crippen molar-refractivity contribution in [2.75, 3.05) is 26.3 Å². The van der Waals surface area contributed by atoms with Gasteiger partial charge in [-0.05, 0) is 24.7 Å². The second-order valence-electron chi connectivity index (χ2n) is 5.77. The van der Waals surface area contributed by atoms with Gasteiger partial charge in [-0.3, -0.25) is 10.2 Å². The van der Waals surface area contributed by atoms with Crippen LogP contribution in [0.4, 0.5) is 0 Å². The van der Waals surface area contributed by atoms with Crippen LogP contribution in [-0.2, 0) is 9.53 Å². The van der Waals surface area contributed by atoms with E-state index in [0.29, 0.717) is 25.0 Å². The molecule has 1 heterocycles. The summed E-state index contributed by atoms with van der Waals surface area (Å²) in [6, 6.07) is 0.154. The maximum atomic E-state index is 12.3. The highest BCUT2D eigenvalue weighted by molar-refractivity contribution is 5.78. The van der Waals surface area contributed by atoms with E-state index < -0.39 is 0 Å². The molecule has 5 heteroatoms. The summed E-state index contributed by atoms with van der Waals surface area (Å²) < 4.78 is 5.27. The molecule has 2 rings (SSSR count). The van der Waals surface area contributed by atoms with Crippen LogP contribution in [0.1, 0.15) is 26.7 Å². The van der Waals surface area contributed by atoms with Crippen LogP contribution in [-0.4, -0.2) is 43.3 Å². The number of hydrazine groups is 1. The predicted octanol–water partition coefficient (Wildman–Crippen LogP) is 0.359. The summed E-state index contributed by atoms with van der Waals surface area (Å²) in [6.45, 7) is 7.27. The molecule has 4 atom stereocenters. The number of hydrogen-bond donors (Lipinski definition) is 2. The summed E-state index contributed by atoms with van der Waals surface area (Å²) in [7, 11) is 0. The Morgan fingerprint density at radius 2 is 1.89 bits per heavy atom. The van der Waals surface area contributed by atoms with Crippen LogP contribution in [0.3, 0.4) is 0 Å². The minimum Gasteiger partial charge on any atom is -0.379 e. The van der Waals surface area contributed by atoms with Crippen molar-refractivity contribution in [2.45, 2.75) is 32.7 Å². The summed E-state index contributed by atoms with van der Waals surface area (Å²) in [5, 5.41) is 1.96. The number of carbonyl (C=O) groups excluding carboxylic acids is 1. The molecule has 1 saturated carbocycles. The maximum Gasteiger partial charge on any atom is 0.237 e. The van der Waals surface area contributed by atoms with Gasteiger partial charge in [0.2, 0.25) is 5.91 Å². The summed E-state index contributed by atoms with van der Waals surface area (Å²) >= 11 is 0. The topological polar surface area (TPSA) is 67.6 Å². The van der Waals surface area contributed by atoms with E-state index in [4.69, 9.17) is 10.5 Å². The standard InChI is InChI=1S/C13H25N3O2/c1-9-7-10(2)12(14)8-11(9)13(17)15-16-3-5-18-6-4-16/h9-12H,3-8,14H2,1-2H3,(H,15,17). The predicted molar refractivity (Wildman–Crippen MR) is 69.6 cm³/mol. The molecule has 0 bridgehead atoms. The van der Waals surface area contributed by atoms with Crippen LogP contribution in [0, 0.1) is 17.8 Å². The first kappa shape index (κ1) is 13.8. The third-order valence-corrected chi connectivity index (χ3v) is 4.30. The number of nitrogens with zero attached hydrogens (tertiary/aromatic N) is 1. The molecule has 0 radical (unpaired) electrons. The highest BCUT2D eigenvalue weighted by Gasteiger charge is 2.35. The summed E-state index contributed by atoms with van der Waals surface area (Å²) in [4.78, 5) is 12.3. The Morgan fingerprint density at radius 3 is 2.56 bits per heavy atom. The third-order valence-electron chi connectivity index (χ3n) is 4.30. The Hall–Kier alpha value is -0.650. The van der Waals surface area contributed by atoms with Gasteiger partial charge in [-0.25, -0.2) is 5.01 Å². The second-order valence-corrected chi connectivity index (χ2v) is 5.77. The van der Waals surface area contributed by atoms with Crippen molar-refractivity contribution in [2.24, 2.45) is 23.5 Å². The van der Waals surface area contributed by atoms with Gasteiger partial charge in [-0.1, -0.05) is 13.8 Å². The molecule has 1 amide bonds. The summed E-state index contributed by atoms with van der Waals surface area (Å²) in [6.07, 6.45) is 1.85. The Balaban J connectivity index is 1.87. The number of nitrogens with two attached hydrogens (primary N) is 1. The third kappa shape index (κ3) is 3.22. The van der Waals surface area contributed by atoms with E-state index >= 15 is 0 Å². The van der Waals surface area contributed by atoms with Gasteiger partial charge in [0.05, 0.1) is 13.2 Å². The second kappa shape index (κ2) is 5.99. The first-order chi connectivity index (χ1) is 8.58. The van der Waals surface area contributed by atoms with Gasteiger partial charge in [0.1, 0.15) is 0 Å². The molecule has 1 aliphatic carbocycles. The van der Waals surface area contributed by atoms with Crippen molar-refractivity contribution in [3.8, 4) is 0 Å². The van der Waals surface area contributed by atoms with Gasteiger partial charge in [0.15, 0.2) is 0 Å². The van der Waals surface area contributed by atoms with E-state index in [2.05, 4.69) is 19.3 Å². The van der Waals surface area contributed by atoms with Crippen molar-refractivity contribution in [3.63, 3.8) is 0 Å². The molecule has 104 valence electrons.